The van der Waals surface area contributed by atoms with Gasteiger partial charge in [-0.15, -0.1) is 0 Å². The van der Waals surface area contributed by atoms with Crippen molar-refractivity contribution >= 4 is 5.91 Å². The van der Waals surface area contributed by atoms with E-state index in [0.717, 1.165) is 19.0 Å². The van der Waals surface area contributed by atoms with E-state index in [1.165, 1.54) is 6.42 Å². The third-order valence-corrected chi connectivity index (χ3v) is 2.79. The fraction of sp³-hybridized carbons (Fsp3) is 0.923. The fourth-order valence-electron chi connectivity index (χ4n) is 2.21. The maximum atomic E-state index is 11.9. The molecule has 0 atom stereocenters. The third kappa shape index (κ3) is 3.51. The van der Waals surface area contributed by atoms with Crippen LogP contribution in [0.3, 0.4) is 0 Å². The molecule has 1 aliphatic rings. The Kier molecular flexibility index (Phi) is 3.18. The summed E-state index contributed by atoms with van der Waals surface area (Å²) in [6.45, 7) is 14.7. The highest BCUT2D eigenvalue weighted by Crippen LogP contribution is 2.32. The van der Waals surface area contributed by atoms with Crippen LogP contribution in [0.4, 0.5) is 0 Å². The Morgan fingerprint density at radius 2 is 1.60 bits per heavy atom. The van der Waals surface area contributed by atoms with Crippen molar-refractivity contribution in [3.8, 4) is 0 Å². The molecule has 1 aliphatic heterocycles. The predicted molar refractivity (Wildman–Crippen MR) is 63.6 cm³/mol. The number of carbonyl (C=O) groups is 1. The van der Waals surface area contributed by atoms with Gasteiger partial charge in [0.25, 0.3) is 0 Å². The summed E-state index contributed by atoms with van der Waals surface area (Å²) >= 11 is 0. The molecule has 1 amide bonds. The van der Waals surface area contributed by atoms with Gasteiger partial charge in [-0.2, -0.15) is 0 Å². The quantitative estimate of drug-likeness (QED) is 0.653. The van der Waals surface area contributed by atoms with Gasteiger partial charge < -0.3 is 4.90 Å². The first-order valence-corrected chi connectivity index (χ1v) is 5.89. The van der Waals surface area contributed by atoms with Gasteiger partial charge in [0.05, 0.1) is 0 Å². The molecule has 0 aromatic carbocycles. The molecule has 88 valence electrons. The molecule has 0 aromatic rings. The summed E-state index contributed by atoms with van der Waals surface area (Å²) in [6.07, 6.45) is 1.22. The third-order valence-electron chi connectivity index (χ3n) is 2.79. The first kappa shape index (κ1) is 12.5. The smallest absolute Gasteiger partial charge is 0.227 e. The first-order chi connectivity index (χ1) is 6.59. The van der Waals surface area contributed by atoms with Gasteiger partial charge in [-0.05, 0) is 17.8 Å². The highest BCUT2D eigenvalue weighted by atomic mass is 16.2. The Bertz CT molecular complexity index is 238. The van der Waals surface area contributed by atoms with Crippen LogP contribution in [0.1, 0.15) is 48.0 Å². The molecule has 2 nitrogen and oxygen atoms in total. The minimum absolute atomic E-state index is 0.216. The Hall–Kier alpha value is -0.530. The van der Waals surface area contributed by atoms with Gasteiger partial charge in [0, 0.05) is 18.5 Å². The van der Waals surface area contributed by atoms with E-state index in [0.29, 0.717) is 11.3 Å². The number of amides is 1. The summed E-state index contributed by atoms with van der Waals surface area (Å²) < 4.78 is 0. The van der Waals surface area contributed by atoms with Crippen LogP contribution in [-0.2, 0) is 4.79 Å². The number of hydrogen-bond donors (Lipinski definition) is 0. The minimum atomic E-state index is -0.216. The largest absolute Gasteiger partial charge is 0.342 e. The molecule has 0 bridgehead atoms. The van der Waals surface area contributed by atoms with E-state index in [1.54, 1.807) is 0 Å². The lowest BCUT2D eigenvalue weighted by atomic mass is 9.80. The van der Waals surface area contributed by atoms with Gasteiger partial charge in [0.15, 0.2) is 0 Å². The zero-order chi connectivity index (χ0) is 11.9. The van der Waals surface area contributed by atoms with Crippen molar-refractivity contribution in [1.82, 2.24) is 4.90 Å². The van der Waals surface area contributed by atoms with Crippen LogP contribution >= 0.6 is 0 Å². The number of carbonyl (C=O) groups excluding carboxylic acids is 1. The first-order valence-electron chi connectivity index (χ1n) is 5.89. The van der Waals surface area contributed by atoms with Gasteiger partial charge in [-0.3, -0.25) is 4.79 Å². The van der Waals surface area contributed by atoms with Gasteiger partial charge in [-0.1, -0.05) is 41.5 Å². The molecule has 0 unspecified atom stereocenters. The average Bonchev–Trinajstić information content (AvgIpc) is 1.90. The molecule has 0 radical (unpaired) electrons. The molecule has 1 heterocycles. The summed E-state index contributed by atoms with van der Waals surface area (Å²) in [7, 11) is 0. The van der Waals surface area contributed by atoms with Gasteiger partial charge in [-0.25, -0.2) is 0 Å². The van der Waals surface area contributed by atoms with E-state index in [2.05, 4.69) is 20.8 Å². The van der Waals surface area contributed by atoms with Crippen LogP contribution in [0.2, 0.25) is 0 Å². The van der Waals surface area contributed by atoms with Crippen molar-refractivity contribution in [3.05, 3.63) is 0 Å². The molecule has 1 rings (SSSR count). The van der Waals surface area contributed by atoms with Gasteiger partial charge >= 0.3 is 0 Å². The molecule has 1 saturated heterocycles. The molecule has 0 spiro atoms. The number of nitrogens with zero attached hydrogens (tertiary/aromatic N) is 1. The highest BCUT2D eigenvalue weighted by molar-refractivity contribution is 5.82. The van der Waals surface area contributed by atoms with Crippen LogP contribution in [0, 0.1) is 16.7 Å². The molecule has 15 heavy (non-hydrogen) atoms. The molecule has 2 heteroatoms. The number of likely N-dealkylation sites (tertiary alicyclic amines) is 1. The molecular formula is C13H25NO. The van der Waals surface area contributed by atoms with Crippen LogP contribution in [0.25, 0.3) is 0 Å². The zero-order valence-electron chi connectivity index (χ0n) is 11.1. The Balaban J connectivity index is 2.35. The monoisotopic (exact) mass is 211 g/mol. The number of hydrogen-bond acceptors (Lipinski definition) is 1. The lowest BCUT2D eigenvalue weighted by Gasteiger charge is -2.44. The van der Waals surface area contributed by atoms with Crippen molar-refractivity contribution in [2.24, 2.45) is 16.7 Å². The molecule has 0 aliphatic carbocycles. The second-order valence-electron chi connectivity index (χ2n) is 7.09. The lowest BCUT2D eigenvalue weighted by Crippen LogP contribution is -2.54. The lowest BCUT2D eigenvalue weighted by molar-refractivity contribution is -0.146. The summed E-state index contributed by atoms with van der Waals surface area (Å²) in [6, 6.07) is 0. The van der Waals surface area contributed by atoms with Crippen molar-refractivity contribution < 1.29 is 4.79 Å². The van der Waals surface area contributed by atoms with Crippen LogP contribution in [0.5, 0.6) is 0 Å². The second-order valence-corrected chi connectivity index (χ2v) is 7.09. The highest BCUT2D eigenvalue weighted by Gasteiger charge is 2.37. The minimum Gasteiger partial charge on any atom is -0.342 e. The SMILES string of the molecule is CC(C)(C)CC1CN(C(=O)C(C)(C)C)C1. The maximum absolute atomic E-state index is 11.9. The van der Waals surface area contributed by atoms with E-state index in [1.807, 2.05) is 25.7 Å². The molecule has 1 fully saturated rings. The van der Waals surface area contributed by atoms with Crippen molar-refractivity contribution in [1.29, 1.82) is 0 Å². The zero-order valence-corrected chi connectivity index (χ0v) is 11.1. The normalized spacial score (nSPS) is 18.9. The standard InChI is InChI=1S/C13H25NO/c1-12(2,3)7-10-8-14(9-10)11(15)13(4,5)6/h10H,7-9H2,1-6H3. The summed E-state index contributed by atoms with van der Waals surface area (Å²) in [5, 5.41) is 0. The van der Waals surface area contributed by atoms with Gasteiger partial charge in [0.1, 0.15) is 0 Å². The van der Waals surface area contributed by atoms with E-state index in [-0.39, 0.29) is 5.41 Å². The topological polar surface area (TPSA) is 20.3 Å². The summed E-state index contributed by atoms with van der Waals surface area (Å²) in [4.78, 5) is 13.9. The van der Waals surface area contributed by atoms with Crippen LogP contribution in [-0.4, -0.2) is 23.9 Å². The van der Waals surface area contributed by atoms with E-state index >= 15 is 0 Å². The van der Waals surface area contributed by atoms with Gasteiger partial charge in [0.2, 0.25) is 5.91 Å². The van der Waals surface area contributed by atoms with E-state index in [9.17, 15) is 4.79 Å². The van der Waals surface area contributed by atoms with E-state index < -0.39 is 0 Å². The van der Waals surface area contributed by atoms with Crippen molar-refractivity contribution in [2.75, 3.05) is 13.1 Å². The van der Waals surface area contributed by atoms with Crippen molar-refractivity contribution in [3.63, 3.8) is 0 Å². The Morgan fingerprint density at radius 3 is 1.93 bits per heavy atom. The fourth-order valence-corrected chi connectivity index (χ4v) is 2.21. The van der Waals surface area contributed by atoms with Crippen LogP contribution < -0.4 is 0 Å². The van der Waals surface area contributed by atoms with Crippen LogP contribution in [0.15, 0.2) is 0 Å². The maximum Gasteiger partial charge on any atom is 0.227 e. The molecule has 0 saturated carbocycles. The molecular weight excluding hydrogens is 186 g/mol. The summed E-state index contributed by atoms with van der Waals surface area (Å²) in [5.74, 6) is 1.02. The molecule has 0 aromatic heterocycles. The van der Waals surface area contributed by atoms with Crippen molar-refractivity contribution in [2.45, 2.75) is 48.0 Å². The second kappa shape index (κ2) is 3.80. The van der Waals surface area contributed by atoms with E-state index in [4.69, 9.17) is 0 Å². The summed E-state index contributed by atoms with van der Waals surface area (Å²) in [5.41, 5.74) is 0.175. The molecule has 0 N–H and O–H groups in total. The Labute approximate surface area is 94.0 Å². The average molecular weight is 211 g/mol. The predicted octanol–water partition coefficient (Wildman–Crippen LogP) is 2.93. The Morgan fingerprint density at radius 1 is 1.13 bits per heavy atom. The number of rotatable bonds is 1.